The first-order chi connectivity index (χ1) is 11.6. The summed E-state index contributed by atoms with van der Waals surface area (Å²) in [5.74, 6) is 0.600. The third kappa shape index (κ3) is 3.49. The van der Waals surface area contributed by atoms with E-state index in [2.05, 4.69) is 22.8 Å². The number of nitriles is 1. The second-order valence-electron chi connectivity index (χ2n) is 7.25. The molecule has 2 aliphatic rings. The lowest BCUT2D eigenvalue weighted by Crippen LogP contribution is -2.44. The lowest BCUT2D eigenvalue weighted by atomic mass is 9.94. The zero-order chi connectivity index (χ0) is 17.1. The van der Waals surface area contributed by atoms with Crippen LogP contribution in [0.2, 0.25) is 0 Å². The fourth-order valence-electron chi connectivity index (χ4n) is 3.98. The van der Waals surface area contributed by atoms with E-state index in [-0.39, 0.29) is 5.92 Å². The van der Waals surface area contributed by atoms with Crippen molar-refractivity contribution in [2.45, 2.75) is 45.6 Å². The molecule has 5 nitrogen and oxygen atoms in total. The summed E-state index contributed by atoms with van der Waals surface area (Å²) in [6.07, 6.45) is 5.53. The molecular weight excluding hydrogens is 300 g/mol. The van der Waals surface area contributed by atoms with Gasteiger partial charge in [0.2, 0.25) is 5.91 Å². The van der Waals surface area contributed by atoms with Crippen LogP contribution in [0.25, 0.3) is 0 Å². The maximum absolute atomic E-state index is 12.6. The summed E-state index contributed by atoms with van der Waals surface area (Å²) in [7, 11) is 1.95. The quantitative estimate of drug-likeness (QED) is 0.856. The lowest BCUT2D eigenvalue weighted by Gasteiger charge is -2.35. The van der Waals surface area contributed by atoms with Crippen molar-refractivity contribution >= 4 is 5.91 Å². The standard InChI is InChI=1S/C19H28N4O/c1-15-17(12-18(13-20)21(15)2)14-22-10-6-16(7-11-22)19(24)23-8-4-3-5-9-23/h12,16H,3-11,14H2,1-2H3. The summed E-state index contributed by atoms with van der Waals surface area (Å²) >= 11 is 0. The Morgan fingerprint density at radius 1 is 1.21 bits per heavy atom. The molecule has 0 saturated carbocycles. The van der Waals surface area contributed by atoms with Crippen molar-refractivity contribution in [2.75, 3.05) is 26.2 Å². The largest absolute Gasteiger partial charge is 0.342 e. The fraction of sp³-hybridized carbons (Fsp3) is 0.684. The second-order valence-corrected chi connectivity index (χ2v) is 7.25. The Balaban J connectivity index is 1.54. The second kappa shape index (κ2) is 7.40. The molecule has 2 fully saturated rings. The van der Waals surface area contributed by atoms with Gasteiger partial charge in [-0.05, 0) is 63.7 Å². The Kier molecular flexibility index (Phi) is 5.25. The summed E-state index contributed by atoms with van der Waals surface area (Å²) in [6, 6.07) is 4.25. The van der Waals surface area contributed by atoms with Gasteiger partial charge in [0.05, 0.1) is 0 Å². The third-order valence-electron chi connectivity index (χ3n) is 5.75. The van der Waals surface area contributed by atoms with E-state index in [4.69, 9.17) is 5.26 Å². The van der Waals surface area contributed by atoms with Gasteiger partial charge in [-0.15, -0.1) is 0 Å². The number of likely N-dealkylation sites (tertiary alicyclic amines) is 2. The number of aromatic nitrogens is 1. The SMILES string of the molecule is Cc1c(CN2CCC(C(=O)N3CCCCC3)CC2)cc(C#N)n1C. The van der Waals surface area contributed by atoms with E-state index >= 15 is 0 Å². The van der Waals surface area contributed by atoms with Crippen molar-refractivity contribution in [2.24, 2.45) is 13.0 Å². The molecule has 1 amide bonds. The predicted octanol–water partition coefficient (Wildman–Crippen LogP) is 2.43. The topological polar surface area (TPSA) is 52.3 Å². The van der Waals surface area contributed by atoms with Gasteiger partial charge in [0, 0.05) is 38.3 Å². The number of nitrogens with zero attached hydrogens (tertiary/aromatic N) is 4. The Morgan fingerprint density at radius 2 is 1.88 bits per heavy atom. The van der Waals surface area contributed by atoms with Crippen molar-refractivity contribution in [3.63, 3.8) is 0 Å². The monoisotopic (exact) mass is 328 g/mol. The molecule has 24 heavy (non-hydrogen) atoms. The summed E-state index contributed by atoms with van der Waals surface area (Å²) in [5, 5.41) is 9.16. The van der Waals surface area contributed by atoms with E-state index in [1.165, 1.54) is 24.8 Å². The highest BCUT2D eigenvalue weighted by molar-refractivity contribution is 5.79. The number of hydrogen-bond acceptors (Lipinski definition) is 3. The zero-order valence-corrected chi connectivity index (χ0v) is 14.9. The average molecular weight is 328 g/mol. The highest BCUT2D eigenvalue weighted by atomic mass is 16.2. The van der Waals surface area contributed by atoms with Gasteiger partial charge in [-0.2, -0.15) is 5.26 Å². The molecule has 0 radical (unpaired) electrons. The maximum atomic E-state index is 12.6. The number of piperidine rings is 2. The Labute approximate surface area is 144 Å². The minimum atomic E-state index is 0.214. The van der Waals surface area contributed by atoms with Crippen molar-refractivity contribution in [1.82, 2.24) is 14.4 Å². The molecule has 2 aliphatic heterocycles. The van der Waals surface area contributed by atoms with E-state index < -0.39 is 0 Å². The van der Waals surface area contributed by atoms with Gasteiger partial charge in [-0.25, -0.2) is 0 Å². The first-order valence-corrected chi connectivity index (χ1v) is 9.16. The first kappa shape index (κ1) is 17.0. The van der Waals surface area contributed by atoms with E-state index in [0.717, 1.165) is 57.0 Å². The molecule has 0 aliphatic carbocycles. The van der Waals surface area contributed by atoms with Crippen LogP contribution in [0.4, 0.5) is 0 Å². The summed E-state index contributed by atoms with van der Waals surface area (Å²) < 4.78 is 1.96. The van der Waals surface area contributed by atoms with Crippen LogP contribution in [0.1, 0.15) is 49.1 Å². The van der Waals surface area contributed by atoms with Gasteiger partial charge < -0.3 is 9.47 Å². The van der Waals surface area contributed by atoms with Gasteiger partial charge in [0.1, 0.15) is 11.8 Å². The van der Waals surface area contributed by atoms with Crippen LogP contribution in [0, 0.1) is 24.2 Å². The molecule has 2 saturated heterocycles. The van der Waals surface area contributed by atoms with Gasteiger partial charge in [-0.3, -0.25) is 9.69 Å². The van der Waals surface area contributed by atoms with Crippen LogP contribution < -0.4 is 0 Å². The number of carbonyl (C=O) groups is 1. The van der Waals surface area contributed by atoms with Crippen LogP contribution in [0.15, 0.2) is 6.07 Å². The lowest BCUT2D eigenvalue weighted by molar-refractivity contribution is -0.138. The first-order valence-electron chi connectivity index (χ1n) is 9.16. The van der Waals surface area contributed by atoms with Crippen molar-refractivity contribution in [3.8, 4) is 6.07 Å². The number of carbonyl (C=O) groups excluding carboxylic acids is 1. The minimum absolute atomic E-state index is 0.214. The average Bonchev–Trinajstić information content (AvgIpc) is 2.90. The molecule has 0 unspecified atom stereocenters. The molecule has 1 aromatic heterocycles. The van der Waals surface area contributed by atoms with E-state index in [0.29, 0.717) is 5.91 Å². The smallest absolute Gasteiger partial charge is 0.225 e. The molecule has 0 N–H and O–H groups in total. The number of hydrogen-bond donors (Lipinski definition) is 0. The molecule has 0 bridgehead atoms. The van der Waals surface area contributed by atoms with Gasteiger partial charge in [0.25, 0.3) is 0 Å². The normalized spacial score (nSPS) is 20.1. The van der Waals surface area contributed by atoms with Crippen molar-refractivity contribution in [3.05, 3.63) is 23.0 Å². The fourth-order valence-corrected chi connectivity index (χ4v) is 3.98. The van der Waals surface area contributed by atoms with Gasteiger partial charge >= 0.3 is 0 Å². The molecule has 130 valence electrons. The van der Waals surface area contributed by atoms with Gasteiger partial charge in [-0.1, -0.05) is 0 Å². The Bertz CT molecular complexity index is 629. The van der Waals surface area contributed by atoms with Crippen LogP contribution in [-0.2, 0) is 18.4 Å². The molecule has 0 aromatic carbocycles. The van der Waals surface area contributed by atoms with E-state index in [1.54, 1.807) is 0 Å². The van der Waals surface area contributed by atoms with Crippen LogP contribution in [0.3, 0.4) is 0 Å². The molecule has 1 aromatic rings. The highest BCUT2D eigenvalue weighted by Crippen LogP contribution is 2.24. The van der Waals surface area contributed by atoms with E-state index in [9.17, 15) is 4.79 Å². The van der Waals surface area contributed by atoms with Gasteiger partial charge in [0.15, 0.2) is 0 Å². The predicted molar refractivity (Wildman–Crippen MR) is 93.3 cm³/mol. The Morgan fingerprint density at radius 3 is 2.46 bits per heavy atom. The van der Waals surface area contributed by atoms with Crippen LogP contribution in [-0.4, -0.2) is 46.5 Å². The summed E-state index contributed by atoms with van der Waals surface area (Å²) in [5.41, 5.74) is 3.12. The maximum Gasteiger partial charge on any atom is 0.225 e. The summed E-state index contributed by atoms with van der Waals surface area (Å²) in [4.78, 5) is 17.1. The molecule has 3 rings (SSSR count). The zero-order valence-electron chi connectivity index (χ0n) is 14.9. The Hall–Kier alpha value is -1.80. The molecular formula is C19H28N4O. The molecule has 0 spiro atoms. The minimum Gasteiger partial charge on any atom is -0.342 e. The molecule has 5 heteroatoms. The van der Waals surface area contributed by atoms with Crippen molar-refractivity contribution < 1.29 is 4.79 Å². The van der Waals surface area contributed by atoms with Crippen LogP contribution in [0.5, 0.6) is 0 Å². The number of amides is 1. The van der Waals surface area contributed by atoms with Crippen molar-refractivity contribution in [1.29, 1.82) is 5.26 Å². The number of rotatable bonds is 3. The highest BCUT2D eigenvalue weighted by Gasteiger charge is 2.29. The third-order valence-corrected chi connectivity index (χ3v) is 5.75. The summed E-state index contributed by atoms with van der Waals surface area (Å²) in [6.45, 7) is 6.81. The molecule has 0 atom stereocenters. The molecule has 3 heterocycles. The van der Waals surface area contributed by atoms with Crippen LogP contribution >= 0.6 is 0 Å². The van der Waals surface area contributed by atoms with E-state index in [1.807, 2.05) is 17.7 Å².